The van der Waals surface area contributed by atoms with Crippen LogP contribution in [-0.2, 0) is 0 Å². The fourth-order valence-corrected chi connectivity index (χ4v) is 3.51. The molecule has 0 radical (unpaired) electrons. The van der Waals surface area contributed by atoms with Gasteiger partial charge in [0.1, 0.15) is 0 Å². The van der Waals surface area contributed by atoms with Gasteiger partial charge in [-0.15, -0.1) is 0 Å². The lowest BCUT2D eigenvalue weighted by Crippen LogP contribution is -2.34. The quantitative estimate of drug-likeness (QED) is 0.474. The highest BCUT2D eigenvalue weighted by Gasteiger charge is 2.17. The van der Waals surface area contributed by atoms with Crippen LogP contribution in [0.4, 0.5) is 5.69 Å². The van der Waals surface area contributed by atoms with E-state index >= 15 is 0 Å². The van der Waals surface area contributed by atoms with Crippen molar-refractivity contribution in [3.8, 4) is 0 Å². The Kier molecular flexibility index (Phi) is 7.50. The van der Waals surface area contributed by atoms with Crippen molar-refractivity contribution < 1.29 is 9.59 Å². The van der Waals surface area contributed by atoms with Crippen molar-refractivity contribution in [3.05, 3.63) is 99.5 Å². The second-order valence-electron chi connectivity index (χ2n) is 6.89. The van der Waals surface area contributed by atoms with Crippen LogP contribution >= 0.6 is 23.2 Å². The Balaban J connectivity index is 1.64. The normalized spacial score (nSPS) is 10.5. The molecule has 0 saturated carbocycles. The summed E-state index contributed by atoms with van der Waals surface area (Å²) in [5.41, 5.74) is 2.91. The number of nitrogens with one attached hydrogen (secondary N) is 1. The molecule has 0 aliphatic heterocycles. The van der Waals surface area contributed by atoms with Crippen LogP contribution in [0.5, 0.6) is 0 Å². The SMILES string of the molecule is Cc1ccc(C(=O)N(CCCNC(=O)c2ccc(Cl)cc2Cl)c2ccccc2)cc1. The van der Waals surface area contributed by atoms with E-state index in [0.717, 1.165) is 11.3 Å². The summed E-state index contributed by atoms with van der Waals surface area (Å²) in [6, 6.07) is 21.8. The maximum Gasteiger partial charge on any atom is 0.258 e. The maximum absolute atomic E-state index is 13.1. The second-order valence-corrected chi connectivity index (χ2v) is 7.74. The highest BCUT2D eigenvalue weighted by molar-refractivity contribution is 6.36. The van der Waals surface area contributed by atoms with Gasteiger partial charge in [-0.1, -0.05) is 59.1 Å². The molecule has 0 saturated heterocycles. The van der Waals surface area contributed by atoms with E-state index in [1.807, 2.05) is 61.5 Å². The number of halogens is 2. The Morgan fingerprint density at radius 1 is 0.933 bits per heavy atom. The molecule has 0 unspecified atom stereocenters. The molecule has 2 amide bonds. The third-order valence-electron chi connectivity index (χ3n) is 4.63. The molecular formula is C24H22Cl2N2O2. The third kappa shape index (κ3) is 5.62. The Bertz CT molecular complexity index is 1020. The van der Waals surface area contributed by atoms with Crippen molar-refractivity contribution in [2.24, 2.45) is 0 Å². The molecule has 0 spiro atoms. The lowest BCUT2D eigenvalue weighted by atomic mass is 10.1. The van der Waals surface area contributed by atoms with Crippen LogP contribution in [-0.4, -0.2) is 24.9 Å². The summed E-state index contributed by atoms with van der Waals surface area (Å²) in [5, 5.41) is 3.63. The van der Waals surface area contributed by atoms with Crippen molar-refractivity contribution in [2.45, 2.75) is 13.3 Å². The van der Waals surface area contributed by atoms with Crippen LogP contribution in [0.2, 0.25) is 10.0 Å². The van der Waals surface area contributed by atoms with Crippen molar-refractivity contribution in [1.29, 1.82) is 0 Å². The average Bonchev–Trinajstić information content (AvgIpc) is 2.74. The molecule has 154 valence electrons. The zero-order valence-electron chi connectivity index (χ0n) is 16.6. The van der Waals surface area contributed by atoms with E-state index < -0.39 is 0 Å². The topological polar surface area (TPSA) is 49.4 Å². The maximum atomic E-state index is 13.1. The molecule has 30 heavy (non-hydrogen) atoms. The number of carbonyl (C=O) groups is 2. The molecule has 0 atom stereocenters. The number of anilines is 1. The summed E-state index contributed by atoms with van der Waals surface area (Å²) in [6.07, 6.45) is 0.587. The molecule has 0 fully saturated rings. The van der Waals surface area contributed by atoms with Crippen LogP contribution in [0.25, 0.3) is 0 Å². The minimum Gasteiger partial charge on any atom is -0.352 e. The number of hydrogen-bond donors (Lipinski definition) is 1. The van der Waals surface area contributed by atoms with E-state index in [1.54, 1.807) is 17.0 Å². The largest absolute Gasteiger partial charge is 0.352 e. The first-order valence-corrected chi connectivity index (χ1v) is 10.4. The Morgan fingerprint density at radius 3 is 2.30 bits per heavy atom. The minimum absolute atomic E-state index is 0.0757. The minimum atomic E-state index is -0.271. The first kappa shape index (κ1) is 21.9. The standard InChI is InChI=1S/C24H22Cl2N2O2/c1-17-8-10-18(11-9-17)24(30)28(20-6-3-2-4-7-20)15-5-14-27-23(29)21-13-12-19(25)16-22(21)26/h2-4,6-13,16H,5,14-15H2,1H3,(H,27,29). The van der Waals surface area contributed by atoms with Crippen molar-refractivity contribution in [3.63, 3.8) is 0 Å². The smallest absolute Gasteiger partial charge is 0.258 e. The second kappa shape index (κ2) is 10.3. The molecule has 4 nitrogen and oxygen atoms in total. The van der Waals surface area contributed by atoms with Crippen LogP contribution in [0, 0.1) is 6.92 Å². The van der Waals surface area contributed by atoms with Gasteiger partial charge < -0.3 is 10.2 Å². The summed E-state index contributed by atoms with van der Waals surface area (Å²) in [4.78, 5) is 27.2. The molecule has 0 heterocycles. The summed E-state index contributed by atoms with van der Waals surface area (Å²) >= 11 is 12.0. The Hall–Kier alpha value is -2.82. The molecular weight excluding hydrogens is 419 g/mol. The lowest BCUT2D eigenvalue weighted by molar-refractivity contribution is 0.0953. The van der Waals surface area contributed by atoms with Gasteiger partial charge in [-0.3, -0.25) is 9.59 Å². The van der Waals surface area contributed by atoms with Gasteiger partial charge in [0.15, 0.2) is 0 Å². The average molecular weight is 441 g/mol. The fraction of sp³-hybridized carbons (Fsp3) is 0.167. The van der Waals surface area contributed by atoms with Crippen molar-refractivity contribution >= 4 is 40.7 Å². The molecule has 1 N–H and O–H groups in total. The summed E-state index contributed by atoms with van der Waals surface area (Å²) in [6.45, 7) is 2.85. The van der Waals surface area contributed by atoms with Crippen LogP contribution in [0.3, 0.4) is 0 Å². The van der Waals surface area contributed by atoms with E-state index in [4.69, 9.17) is 23.2 Å². The number of nitrogens with zero attached hydrogens (tertiary/aromatic N) is 1. The zero-order chi connectivity index (χ0) is 21.5. The number of hydrogen-bond acceptors (Lipinski definition) is 2. The molecule has 3 aromatic carbocycles. The molecule has 3 aromatic rings. The molecule has 0 aliphatic rings. The van der Waals surface area contributed by atoms with Crippen LogP contribution in [0.1, 0.15) is 32.7 Å². The van der Waals surface area contributed by atoms with E-state index in [-0.39, 0.29) is 11.8 Å². The van der Waals surface area contributed by atoms with Crippen LogP contribution in [0.15, 0.2) is 72.8 Å². The molecule has 3 rings (SSSR count). The van der Waals surface area contributed by atoms with Gasteiger partial charge >= 0.3 is 0 Å². The number of amides is 2. The van der Waals surface area contributed by atoms with E-state index in [1.165, 1.54) is 6.07 Å². The number of carbonyl (C=O) groups excluding carboxylic acids is 2. The highest BCUT2D eigenvalue weighted by atomic mass is 35.5. The first-order chi connectivity index (χ1) is 14.5. The van der Waals surface area contributed by atoms with Crippen LogP contribution < -0.4 is 10.2 Å². The predicted octanol–water partition coefficient (Wildman–Crippen LogP) is 5.77. The molecule has 0 bridgehead atoms. The van der Waals surface area contributed by atoms with Gasteiger partial charge in [-0.05, 0) is 55.8 Å². The van der Waals surface area contributed by atoms with Gasteiger partial charge in [0.25, 0.3) is 11.8 Å². The van der Waals surface area contributed by atoms with Gasteiger partial charge in [0, 0.05) is 29.4 Å². The molecule has 0 aromatic heterocycles. The summed E-state index contributed by atoms with van der Waals surface area (Å²) < 4.78 is 0. The highest BCUT2D eigenvalue weighted by Crippen LogP contribution is 2.21. The fourth-order valence-electron chi connectivity index (χ4n) is 3.02. The Labute approximate surface area is 186 Å². The van der Waals surface area contributed by atoms with Gasteiger partial charge in [-0.25, -0.2) is 0 Å². The molecule has 0 aliphatic carbocycles. The van der Waals surface area contributed by atoms with Gasteiger partial charge in [-0.2, -0.15) is 0 Å². The van der Waals surface area contributed by atoms with E-state index in [0.29, 0.717) is 40.7 Å². The lowest BCUT2D eigenvalue weighted by Gasteiger charge is -2.23. The number of rotatable bonds is 7. The third-order valence-corrected chi connectivity index (χ3v) is 5.18. The van der Waals surface area contributed by atoms with Crippen molar-refractivity contribution in [2.75, 3.05) is 18.0 Å². The number of aryl methyl sites for hydroxylation is 1. The summed E-state index contributed by atoms with van der Waals surface area (Å²) in [7, 11) is 0. The van der Waals surface area contributed by atoms with E-state index in [9.17, 15) is 9.59 Å². The van der Waals surface area contributed by atoms with Crippen molar-refractivity contribution in [1.82, 2.24) is 5.32 Å². The van der Waals surface area contributed by atoms with Gasteiger partial charge in [0.05, 0.1) is 10.6 Å². The monoisotopic (exact) mass is 440 g/mol. The predicted molar refractivity (Wildman–Crippen MR) is 123 cm³/mol. The zero-order valence-corrected chi connectivity index (χ0v) is 18.1. The summed E-state index contributed by atoms with van der Waals surface area (Å²) in [5.74, 6) is -0.346. The number of benzene rings is 3. The Morgan fingerprint density at radius 2 is 1.63 bits per heavy atom. The van der Waals surface area contributed by atoms with Gasteiger partial charge in [0.2, 0.25) is 0 Å². The van der Waals surface area contributed by atoms with E-state index in [2.05, 4.69) is 5.32 Å². The number of para-hydroxylation sites is 1. The molecule has 6 heteroatoms. The first-order valence-electron chi connectivity index (χ1n) is 9.62.